The van der Waals surface area contributed by atoms with Gasteiger partial charge in [-0.25, -0.2) is 0 Å². The van der Waals surface area contributed by atoms with Crippen molar-refractivity contribution in [2.75, 3.05) is 0 Å². The minimum atomic E-state index is 0.540. The zero-order valence-electron chi connectivity index (χ0n) is 16.9. The quantitative estimate of drug-likeness (QED) is 0.492. The van der Waals surface area contributed by atoms with Crippen LogP contribution in [0.4, 0.5) is 0 Å². The second-order valence-corrected chi connectivity index (χ2v) is 11.1. The summed E-state index contributed by atoms with van der Waals surface area (Å²) >= 11 is 0. The molecular formula is C24H42. The molecule has 0 aromatic rings. The predicted molar refractivity (Wildman–Crippen MR) is 104 cm³/mol. The van der Waals surface area contributed by atoms with Crippen LogP contribution in [0.1, 0.15) is 105 Å². The molecule has 6 atom stereocenters. The van der Waals surface area contributed by atoms with Gasteiger partial charge in [0.15, 0.2) is 0 Å². The number of hydrogen-bond acceptors (Lipinski definition) is 0. The Hall–Kier alpha value is 0. The van der Waals surface area contributed by atoms with E-state index in [9.17, 15) is 0 Å². The third kappa shape index (κ3) is 2.52. The maximum absolute atomic E-state index is 2.69. The van der Waals surface area contributed by atoms with Crippen LogP contribution in [-0.2, 0) is 0 Å². The van der Waals surface area contributed by atoms with Crippen molar-refractivity contribution in [3.8, 4) is 0 Å². The first-order valence-corrected chi connectivity index (χ1v) is 11.5. The molecule has 0 aromatic carbocycles. The van der Waals surface area contributed by atoms with Crippen LogP contribution in [0.25, 0.3) is 0 Å². The molecule has 0 radical (unpaired) electrons. The molecule has 0 aliphatic heterocycles. The molecule has 0 bridgehead atoms. The van der Waals surface area contributed by atoms with Gasteiger partial charge in [-0.3, -0.25) is 0 Å². The Bertz CT molecular complexity index is 441. The third-order valence-corrected chi connectivity index (χ3v) is 10.2. The molecule has 4 rings (SSSR count). The Kier molecular flexibility index (Phi) is 4.58. The van der Waals surface area contributed by atoms with Crippen molar-refractivity contribution in [2.45, 2.75) is 105 Å². The van der Waals surface area contributed by atoms with Crippen LogP contribution in [0.5, 0.6) is 0 Å². The molecule has 0 nitrogen and oxygen atoms in total. The lowest BCUT2D eigenvalue weighted by Crippen LogP contribution is -2.48. The minimum Gasteiger partial charge on any atom is -0.0619 e. The van der Waals surface area contributed by atoms with Crippen molar-refractivity contribution in [1.29, 1.82) is 0 Å². The molecule has 0 amide bonds. The summed E-state index contributed by atoms with van der Waals surface area (Å²) in [4.78, 5) is 0. The van der Waals surface area contributed by atoms with Gasteiger partial charge in [-0.2, -0.15) is 0 Å². The standard InChI is InChI=1S/C24H42/c1-17-18-11-6-7-12-19(18)20-13-10-14-21(22(17)20)23(2,3)24(4)15-8-5-9-16-24/h17-22H,5-16H2,1-4H3. The number of fused-ring (bicyclic) bond motifs is 3. The average molecular weight is 331 g/mol. The molecule has 4 saturated carbocycles. The molecule has 0 spiro atoms. The molecule has 0 N–H and O–H groups in total. The van der Waals surface area contributed by atoms with Crippen LogP contribution in [0.3, 0.4) is 0 Å². The van der Waals surface area contributed by atoms with E-state index in [1.54, 1.807) is 19.3 Å². The fourth-order valence-electron chi connectivity index (χ4n) is 8.44. The summed E-state index contributed by atoms with van der Waals surface area (Å²) in [5.74, 6) is 6.36. The SMILES string of the molecule is CC1C2CCCCC2C2CCCC(C(C)(C)C3(C)CCCCC3)C12. The van der Waals surface area contributed by atoms with Crippen LogP contribution in [0.15, 0.2) is 0 Å². The Morgan fingerprint density at radius 2 is 1.33 bits per heavy atom. The molecule has 0 heteroatoms. The Labute approximate surface area is 151 Å². The number of rotatable bonds is 2. The maximum Gasteiger partial charge on any atom is -0.0269 e. The Morgan fingerprint density at radius 1 is 0.708 bits per heavy atom. The van der Waals surface area contributed by atoms with Gasteiger partial charge in [-0.1, -0.05) is 66.2 Å². The largest absolute Gasteiger partial charge is 0.0619 e. The topological polar surface area (TPSA) is 0 Å². The summed E-state index contributed by atoms with van der Waals surface area (Å²) < 4.78 is 0. The lowest BCUT2D eigenvalue weighted by atomic mass is 9.49. The second-order valence-electron chi connectivity index (χ2n) is 11.1. The minimum absolute atomic E-state index is 0.540. The van der Waals surface area contributed by atoms with Crippen LogP contribution < -0.4 is 0 Å². The molecule has 0 aromatic heterocycles. The van der Waals surface area contributed by atoms with Gasteiger partial charge in [0.1, 0.15) is 0 Å². The molecule has 0 saturated heterocycles. The van der Waals surface area contributed by atoms with Gasteiger partial charge in [0.25, 0.3) is 0 Å². The zero-order chi connectivity index (χ0) is 16.9. The van der Waals surface area contributed by atoms with E-state index in [4.69, 9.17) is 0 Å². The van der Waals surface area contributed by atoms with Crippen molar-refractivity contribution in [3.63, 3.8) is 0 Å². The third-order valence-electron chi connectivity index (χ3n) is 10.2. The summed E-state index contributed by atoms with van der Waals surface area (Å²) in [5, 5.41) is 0. The van der Waals surface area contributed by atoms with E-state index in [1.807, 2.05) is 0 Å². The van der Waals surface area contributed by atoms with E-state index in [0.29, 0.717) is 10.8 Å². The van der Waals surface area contributed by atoms with Gasteiger partial charge in [-0.05, 0) is 84.9 Å². The smallest absolute Gasteiger partial charge is 0.0269 e. The van der Waals surface area contributed by atoms with Crippen molar-refractivity contribution >= 4 is 0 Å². The molecular weight excluding hydrogens is 288 g/mol. The molecule has 24 heavy (non-hydrogen) atoms. The number of hydrogen-bond donors (Lipinski definition) is 0. The van der Waals surface area contributed by atoms with E-state index >= 15 is 0 Å². The molecule has 4 aliphatic rings. The highest BCUT2D eigenvalue weighted by Crippen LogP contribution is 2.65. The van der Waals surface area contributed by atoms with Crippen LogP contribution in [-0.4, -0.2) is 0 Å². The first-order chi connectivity index (χ1) is 11.5. The summed E-state index contributed by atoms with van der Waals surface area (Å²) in [6, 6.07) is 0. The highest BCUT2D eigenvalue weighted by Gasteiger charge is 2.57. The summed E-state index contributed by atoms with van der Waals surface area (Å²) in [6.45, 7) is 10.7. The fraction of sp³-hybridized carbons (Fsp3) is 1.00. The highest BCUT2D eigenvalue weighted by molar-refractivity contribution is 5.06. The lowest BCUT2D eigenvalue weighted by molar-refractivity contribution is -0.0664. The summed E-state index contributed by atoms with van der Waals surface area (Å²) in [6.07, 6.45) is 18.3. The van der Waals surface area contributed by atoms with Gasteiger partial charge in [0, 0.05) is 0 Å². The summed E-state index contributed by atoms with van der Waals surface area (Å²) in [5.41, 5.74) is 1.14. The Balaban J connectivity index is 1.62. The highest BCUT2D eigenvalue weighted by atomic mass is 14.6. The fourth-order valence-corrected chi connectivity index (χ4v) is 8.44. The average Bonchev–Trinajstić information content (AvgIpc) is 2.89. The van der Waals surface area contributed by atoms with Crippen molar-refractivity contribution < 1.29 is 0 Å². The monoisotopic (exact) mass is 330 g/mol. The van der Waals surface area contributed by atoms with E-state index in [2.05, 4.69) is 27.7 Å². The molecule has 4 aliphatic carbocycles. The predicted octanol–water partition coefficient (Wildman–Crippen LogP) is 7.47. The van der Waals surface area contributed by atoms with Gasteiger partial charge in [-0.15, -0.1) is 0 Å². The van der Waals surface area contributed by atoms with Crippen molar-refractivity contribution in [2.24, 2.45) is 46.3 Å². The van der Waals surface area contributed by atoms with Crippen molar-refractivity contribution in [3.05, 3.63) is 0 Å². The lowest BCUT2D eigenvalue weighted by Gasteiger charge is -2.56. The normalized spacial score (nSPS) is 45.5. The van der Waals surface area contributed by atoms with E-state index in [0.717, 1.165) is 35.5 Å². The molecule has 138 valence electrons. The maximum atomic E-state index is 2.69. The van der Waals surface area contributed by atoms with Gasteiger partial charge >= 0.3 is 0 Å². The molecule has 0 heterocycles. The van der Waals surface area contributed by atoms with E-state index in [1.165, 1.54) is 57.8 Å². The van der Waals surface area contributed by atoms with Gasteiger partial charge < -0.3 is 0 Å². The van der Waals surface area contributed by atoms with E-state index < -0.39 is 0 Å². The first kappa shape index (κ1) is 17.4. The zero-order valence-corrected chi connectivity index (χ0v) is 16.9. The van der Waals surface area contributed by atoms with Crippen LogP contribution >= 0.6 is 0 Å². The van der Waals surface area contributed by atoms with Gasteiger partial charge in [0.2, 0.25) is 0 Å². The Morgan fingerprint density at radius 3 is 2.04 bits per heavy atom. The van der Waals surface area contributed by atoms with Gasteiger partial charge in [0.05, 0.1) is 0 Å². The molecule has 4 fully saturated rings. The molecule has 6 unspecified atom stereocenters. The second kappa shape index (κ2) is 6.31. The van der Waals surface area contributed by atoms with E-state index in [-0.39, 0.29) is 0 Å². The van der Waals surface area contributed by atoms with Crippen molar-refractivity contribution in [1.82, 2.24) is 0 Å². The summed E-state index contributed by atoms with van der Waals surface area (Å²) in [7, 11) is 0. The first-order valence-electron chi connectivity index (χ1n) is 11.5. The van der Waals surface area contributed by atoms with Crippen LogP contribution in [0.2, 0.25) is 0 Å². The van der Waals surface area contributed by atoms with Crippen LogP contribution in [0, 0.1) is 46.3 Å².